The average molecular weight is 257 g/mol. The number of hydrogen-bond acceptors (Lipinski definition) is 4. The lowest BCUT2D eigenvalue weighted by Gasteiger charge is -2.28. The lowest BCUT2D eigenvalue weighted by molar-refractivity contribution is 0.242. The smallest absolute Gasteiger partial charge is 0.156 e. The maximum Gasteiger partial charge on any atom is 0.156 e. The van der Waals surface area contributed by atoms with E-state index in [-0.39, 0.29) is 5.41 Å². The first-order valence-electron chi connectivity index (χ1n) is 6.52. The summed E-state index contributed by atoms with van der Waals surface area (Å²) in [5, 5.41) is 5.36. The summed E-state index contributed by atoms with van der Waals surface area (Å²) in [6, 6.07) is 0. The van der Waals surface area contributed by atoms with Gasteiger partial charge in [-0.2, -0.15) is 0 Å². The van der Waals surface area contributed by atoms with E-state index < -0.39 is 0 Å². The monoisotopic (exact) mass is 257 g/mol. The highest BCUT2D eigenvalue weighted by molar-refractivity contribution is 8.14. The highest BCUT2D eigenvalue weighted by Crippen LogP contribution is 2.24. The maximum absolute atomic E-state index is 4.57. The third-order valence-electron chi connectivity index (χ3n) is 2.79. The normalized spacial score (nSPS) is 20.8. The van der Waals surface area contributed by atoms with Crippen molar-refractivity contribution in [1.82, 2.24) is 10.2 Å². The van der Waals surface area contributed by atoms with Crippen LogP contribution in [0.1, 0.15) is 33.6 Å². The minimum atomic E-state index is 0.287. The predicted octanol–water partition coefficient (Wildman–Crippen LogP) is 2.44. The minimum Gasteiger partial charge on any atom is -0.364 e. The third kappa shape index (κ3) is 5.77. The molecule has 0 bridgehead atoms. The summed E-state index contributed by atoms with van der Waals surface area (Å²) in [6.45, 7) is 9.92. The van der Waals surface area contributed by atoms with Gasteiger partial charge in [0.2, 0.25) is 0 Å². The Bertz CT molecular complexity index is 261. The van der Waals surface area contributed by atoms with Gasteiger partial charge in [-0.25, -0.2) is 0 Å². The Kier molecular flexibility index (Phi) is 5.80. The van der Waals surface area contributed by atoms with Gasteiger partial charge in [-0.15, -0.1) is 0 Å². The van der Waals surface area contributed by atoms with Crippen molar-refractivity contribution in [2.45, 2.75) is 38.9 Å². The molecule has 0 radical (unpaired) electrons. The number of aliphatic imine (C=N–C) groups is 1. The molecule has 17 heavy (non-hydrogen) atoms. The van der Waals surface area contributed by atoms with Gasteiger partial charge in [-0.3, -0.25) is 4.99 Å². The molecule has 1 unspecified atom stereocenters. The van der Waals surface area contributed by atoms with Gasteiger partial charge < -0.3 is 10.2 Å². The van der Waals surface area contributed by atoms with Gasteiger partial charge in [0.1, 0.15) is 0 Å². The quantitative estimate of drug-likeness (QED) is 0.792. The standard InChI is InChI=1S/C13H27N3S/c1-6-7-11-8-14-12(17-11)15-9-13(2,3)10-16(4)5/h11H,6-10H2,1-5H3,(H,14,15). The molecular formula is C13H27N3S. The molecule has 3 nitrogen and oxygen atoms in total. The van der Waals surface area contributed by atoms with Crippen LogP contribution in [0, 0.1) is 5.41 Å². The Morgan fingerprint density at radius 2 is 2.18 bits per heavy atom. The van der Waals surface area contributed by atoms with Gasteiger partial charge in [0.25, 0.3) is 0 Å². The Labute approximate surface area is 110 Å². The van der Waals surface area contributed by atoms with E-state index in [1.54, 1.807) is 0 Å². The SMILES string of the molecule is CCCC1CN=C(NCC(C)(C)CN(C)C)S1. The van der Waals surface area contributed by atoms with Gasteiger partial charge >= 0.3 is 0 Å². The second kappa shape index (κ2) is 6.64. The van der Waals surface area contributed by atoms with E-state index in [9.17, 15) is 0 Å². The summed E-state index contributed by atoms with van der Waals surface area (Å²) < 4.78 is 0. The lowest BCUT2D eigenvalue weighted by Crippen LogP contribution is -2.39. The molecule has 4 heteroatoms. The van der Waals surface area contributed by atoms with Gasteiger partial charge in [0, 0.05) is 18.3 Å². The summed E-state index contributed by atoms with van der Waals surface area (Å²) in [5.41, 5.74) is 0.287. The summed E-state index contributed by atoms with van der Waals surface area (Å²) in [7, 11) is 4.25. The summed E-state index contributed by atoms with van der Waals surface area (Å²) in [6.07, 6.45) is 2.53. The van der Waals surface area contributed by atoms with Gasteiger partial charge in [-0.05, 0) is 25.9 Å². The Hall–Kier alpha value is -0.220. The molecule has 0 amide bonds. The first-order chi connectivity index (χ1) is 7.93. The highest BCUT2D eigenvalue weighted by Gasteiger charge is 2.22. The Morgan fingerprint density at radius 3 is 2.76 bits per heavy atom. The molecule has 1 N–H and O–H groups in total. The van der Waals surface area contributed by atoms with Crippen molar-refractivity contribution < 1.29 is 0 Å². The summed E-state index contributed by atoms with van der Waals surface area (Å²) >= 11 is 1.92. The minimum absolute atomic E-state index is 0.287. The number of nitrogens with zero attached hydrogens (tertiary/aromatic N) is 2. The average Bonchev–Trinajstić information content (AvgIpc) is 2.62. The summed E-state index contributed by atoms with van der Waals surface area (Å²) in [5.74, 6) is 0. The predicted molar refractivity (Wildman–Crippen MR) is 78.9 cm³/mol. The first kappa shape index (κ1) is 14.8. The number of nitrogens with one attached hydrogen (secondary N) is 1. The van der Waals surface area contributed by atoms with E-state index in [1.807, 2.05) is 11.8 Å². The van der Waals surface area contributed by atoms with Crippen molar-refractivity contribution in [2.75, 3.05) is 33.7 Å². The van der Waals surface area contributed by atoms with Crippen LogP contribution in [0.3, 0.4) is 0 Å². The van der Waals surface area contributed by atoms with Crippen LogP contribution >= 0.6 is 11.8 Å². The van der Waals surface area contributed by atoms with E-state index in [0.29, 0.717) is 5.25 Å². The molecule has 0 fully saturated rings. The Morgan fingerprint density at radius 1 is 1.47 bits per heavy atom. The zero-order valence-corrected chi connectivity index (χ0v) is 12.7. The molecule has 0 aliphatic carbocycles. The van der Waals surface area contributed by atoms with Crippen molar-refractivity contribution in [2.24, 2.45) is 10.4 Å². The van der Waals surface area contributed by atoms with E-state index in [2.05, 4.69) is 50.1 Å². The van der Waals surface area contributed by atoms with Crippen molar-refractivity contribution in [3.05, 3.63) is 0 Å². The van der Waals surface area contributed by atoms with E-state index >= 15 is 0 Å². The number of amidine groups is 1. The third-order valence-corrected chi connectivity index (χ3v) is 4.00. The first-order valence-corrected chi connectivity index (χ1v) is 7.40. The van der Waals surface area contributed by atoms with Crippen LogP contribution in [0.15, 0.2) is 4.99 Å². The van der Waals surface area contributed by atoms with Crippen LogP contribution in [-0.4, -0.2) is 49.0 Å². The van der Waals surface area contributed by atoms with Crippen LogP contribution < -0.4 is 5.32 Å². The van der Waals surface area contributed by atoms with Crippen LogP contribution in [0.2, 0.25) is 0 Å². The van der Waals surface area contributed by atoms with Crippen molar-refractivity contribution in [3.8, 4) is 0 Å². The van der Waals surface area contributed by atoms with Crippen LogP contribution in [-0.2, 0) is 0 Å². The fourth-order valence-corrected chi connectivity index (χ4v) is 3.34. The van der Waals surface area contributed by atoms with E-state index in [0.717, 1.165) is 24.8 Å². The molecule has 1 rings (SSSR count). The van der Waals surface area contributed by atoms with E-state index in [1.165, 1.54) is 12.8 Å². The van der Waals surface area contributed by atoms with Gasteiger partial charge in [-0.1, -0.05) is 39.0 Å². The molecule has 1 aliphatic rings. The zero-order chi connectivity index (χ0) is 12.9. The highest BCUT2D eigenvalue weighted by atomic mass is 32.2. The van der Waals surface area contributed by atoms with Gasteiger partial charge in [0.05, 0.1) is 6.54 Å². The molecule has 100 valence electrons. The van der Waals surface area contributed by atoms with Gasteiger partial charge in [0.15, 0.2) is 5.17 Å². The van der Waals surface area contributed by atoms with Crippen LogP contribution in [0.4, 0.5) is 0 Å². The maximum atomic E-state index is 4.57. The second-order valence-electron chi connectivity index (χ2n) is 5.93. The fraction of sp³-hybridized carbons (Fsp3) is 0.923. The molecule has 1 aliphatic heterocycles. The second-order valence-corrected chi connectivity index (χ2v) is 7.22. The molecule has 0 aromatic carbocycles. The number of rotatable bonds is 6. The molecule has 0 saturated heterocycles. The molecule has 1 heterocycles. The number of hydrogen-bond donors (Lipinski definition) is 1. The van der Waals surface area contributed by atoms with Crippen molar-refractivity contribution in [3.63, 3.8) is 0 Å². The van der Waals surface area contributed by atoms with Crippen molar-refractivity contribution in [1.29, 1.82) is 0 Å². The molecule has 0 aromatic heterocycles. The lowest BCUT2D eigenvalue weighted by atomic mass is 9.93. The topological polar surface area (TPSA) is 27.6 Å². The number of thioether (sulfide) groups is 1. The van der Waals surface area contributed by atoms with E-state index in [4.69, 9.17) is 0 Å². The molecule has 0 aromatic rings. The Balaban J connectivity index is 2.27. The fourth-order valence-electron chi connectivity index (χ4n) is 2.21. The molecule has 1 atom stereocenters. The van der Waals surface area contributed by atoms with Crippen LogP contribution in [0.5, 0.6) is 0 Å². The molecular weight excluding hydrogens is 230 g/mol. The molecule has 0 saturated carbocycles. The molecule has 0 spiro atoms. The van der Waals surface area contributed by atoms with Crippen molar-refractivity contribution >= 4 is 16.9 Å². The van der Waals surface area contributed by atoms with Crippen LogP contribution in [0.25, 0.3) is 0 Å². The zero-order valence-electron chi connectivity index (χ0n) is 11.9. The largest absolute Gasteiger partial charge is 0.364 e. The summed E-state index contributed by atoms with van der Waals surface area (Å²) in [4.78, 5) is 6.81.